The minimum atomic E-state index is -0.814. The minimum absolute atomic E-state index is 0.375. The number of carbonyl (C=O) groups is 2. The van der Waals surface area contributed by atoms with Crippen LogP contribution in [0.3, 0.4) is 0 Å². The second-order valence-electron chi connectivity index (χ2n) is 3.98. The first-order valence-corrected chi connectivity index (χ1v) is 6.98. The zero-order valence-corrected chi connectivity index (χ0v) is 13.6. The van der Waals surface area contributed by atoms with Gasteiger partial charge in [0.15, 0.2) is 0 Å². The Labute approximate surface area is 119 Å². The summed E-state index contributed by atoms with van der Waals surface area (Å²) >= 11 is 3.26. The van der Waals surface area contributed by atoms with Gasteiger partial charge in [-0.1, -0.05) is 48.4 Å². The molecule has 0 radical (unpaired) electrons. The molecular formula is C13H25BrN2O2. The van der Waals surface area contributed by atoms with E-state index in [4.69, 9.17) is 5.73 Å². The first kappa shape index (κ1) is 19.5. The van der Waals surface area contributed by atoms with Gasteiger partial charge in [0.1, 0.15) is 4.32 Å². The van der Waals surface area contributed by atoms with Crippen molar-refractivity contribution in [2.24, 2.45) is 5.73 Å². The Morgan fingerprint density at radius 3 is 1.89 bits per heavy atom. The molecule has 0 spiro atoms. The molecular weight excluding hydrogens is 296 g/mol. The lowest BCUT2D eigenvalue weighted by Gasteiger charge is -2.21. The zero-order chi connectivity index (χ0) is 14.8. The molecule has 0 unspecified atom stereocenters. The number of allylic oxidation sites excluding steroid dienone is 2. The molecule has 0 atom stereocenters. The van der Waals surface area contributed by atoms with Crippen LogP contribution in [-0.4, -0.2) is 16.3 Å². The number of halogens is 1. The Bertz CT molecular complexity index is 297. The van der Waals surface area contributed by atoms with Crippen molar-refractivity contribution in [2.75, 3.05) is 0 Å². The molecule has 0 aliphatic rings. The number of nitrogens with one attached hydrogen (secondary N) is 1. The molecule has 18 heavy (non-hydrogen) atoms. The zero-order valence-electron chi connectivity index (χ0n) is 12.0. The quantitative estimate of drug-likeness (QED) is 0.614. The summed E-state index contributed by atoms with van der Waals surface area (Å²) < 4.78 is -0.665. The topological polar surface area (TPSA) is 72.2 Å². The van der Waals surface area contributed by atoms with Crippen LogP contribution in [0, 0.1) is 0 Å². The SMILES string of the molecule is C/C=C(\C)CC.CCC(Br)(CC)C(=O)NC(N)=O. The number of primary amides is 1. The van der Waals surface area contributed by atoms with E-state index in [-0.39, 0.29) is 5.91 Å². The fourth-order valence-corrected chi connectivity index (χ4v) is 1.10. The molecule has 0 bridgehead atoms. The summed E-state index contributed by atoms with van der Waals surface area (Å²) in [5.41, 5.74) is 6.28. The highest BCUT2D eigenvalue weighted by Crippen LogP contribution is 2.26. The molecule has 0 aromatic heterocycles. The predicted molar refractivity (Wildman–Crippen MR) is 79.7 cm³/mol. The number of imide groups is 1. The van der Waals surface area contributed by atoms with Crippen LogP contribution >= 0.6 is 15.9 Å². The van der Waals surface area contributed by atoms with Crippen LogP contribution in [0.1, 0.15) is 53.9 Å². The maximum Gasteiger partial charge on any atom is 0.318 e. The van der Waals surface area contributed by atoms with Crippen molar-refractivity contribution >= 4 is 27.9 Å². The highest BCUT2D eigenvalue weighted by molar-refractivity contribution is 9.10. The summed E-state index contributed by atoms with van der Waals surface area (Å²) in [5.74, 6) is -0.375. The van der Waals surface area contributed by atoms with E-state index in [2.05, 4.69) is 42.8 Å². The van der Waals surface area contributed by atoms with Gasteiger partial charge in [-0.25, -0.2) is 4.79 Å². The minimum Gasteiger partial charge on any atom is -0.351 e. The number of hydrogen-bond donors (Lipinski definition) is 2. The predicted octanol–water partition coefficient (Wildman–Crippen LogP) is 3.50. The van der Waals surface area contributed by atoms with Gasteiger partial charge < -0.3 is 5.73 Å². The van der Waals surface area contributed by atoms with Gasteiger partial charge in [-0.3, -0.25) is 10.1 Å². The van der Waals surface area contributed by atoms with Gasteiger partial charge >= 0.3 is 6.03 Å². The molecule has 0 aromatic carbocycles. The van der Waals surface area contributed by atoms with Crippen molar-refractivity contribution in [3.63, 3.8) is 0 Å². The van der Waals surface area contributed by atoms with Gasteiger partial charge in [0.05, 0.1) is 0 Å². The third-order valence-corrected chi connectivity index (χ3v) is 4.30. The van der Waals surface area contributed by atoms with Crippen molar-refractivity contribution in [1.82, 2.24) is 5.32 Å². The fraction of sp³-hybridized carbons (Fsp3) is 0.692. The number of rotatable bonds is 4. The Morgan fingerprint density at radius 1 is 1.28 bits per heavy atom. The summed E-state index contributed by atoms with van der Waals surface area (Å²) in [7, 11) is 0. The first-order chi connectivity index (χ1) is 8.27. The lowest BCUT2D eigenvalue weighted by Crippen LogP contribution is -2.46. The fourth-order valence-electron chi connectivity index (χ4n) is 0.999. The van der Waals surface area contributed by atoms with Crippen molar-refractivity contribution in [3.8, 4) is 0 Å². The van der Waals surface area contributed by atoms with Crippen LogP contribution in [0.25, 0.3) is 0 Å². The van der Waals surface area contributed by atoms with E-state index >= 15 is 0 Å². The molecule has 3 amide bonds. The maximum absolute atomic E-state index is 11.3. The Hall–Kier alpha value is -0.840. The number of carbonyl (C=O) groups excluding carboxylic acids is 2. The molecule has 0 fully saturated rings. The molecule has 3 N–H and O–H groups in total. The van der Waals surface area contributed by atoms with E-state index in [1.807, 2.05) is 19.2 Å². The lowest BCUT2D eigenvalue weighted by molar-refractivity contribution is -0.122. The Morgan fingerprint density at radius 2 is 1.72 bits per heavy atom. The maximum atomic E-state index is 11.3. The number of hydrogen-bond acceptors (Lipinski definition) is 2. The van der Waals surface area contributed by atoms with Gasteiger partial charge in [0.25, 0.3) is 0 Å². The normalized spacial score (nSPS) is 11.3. The molecule has 4 nitrogen and oxygen atoms in total. The van der Waals surface area contributed by atoms with Crippen LogP contribution in [0.2, 0.25) is 0 Å². The second kappa shape index (κ2) is 10.1. The van der Waals surface area contributed by atoms with E-state index in [9.17, 15) is 9.59 Å². The van der Waals surface area contributed by atoms with Crippen molar-refractivity contribution in [3.05, 3.63) is 11.6 Å². The second-order valence-corrected chi connectivity index (χ2v) is 5.50. The van der Waals surface area contributed by atoms with E-state index < -0.39 is 10.4 Å². The average Bonchev–Trinajstić information content (AvgIpc) is 2.36. The molecule has 5 heteroatoms. The molecule has 0 heterocycles. The van der Waals surface area contributed by atoms with E-state index in [1.165, 1.54) is 12.0 Å². The van der Waals surface area contributed by atoms with E-state index in [1.54, 1.807) is 0 Å². The van der Waals surface area contributed by atoms with Crippen LogP contribution in [0.4, 0.5) is 4.79 Å². The number of urea groups is 1. The monoisotopic (exact) mass is 320 g/mol. The first-order valence-electron chi connectivity index (χ1n) is 6.18. The van der Waals surface area contributed by atoms with Crippen LogP contribution in [0.5, 0.6) is 0 Å². The molecule has 0 aliphatic carbocycles. The average molecular weight is 321 g/mol. The van der Waals surface area contributed by atoms with Crippen LogP contribution in [-0.2, 0) is 4.79 Å². The number of alkyl halides is 1. The van der Waals surface area contributed by atoms with Gasteiger partial charge in [-0.05, 0) is 33.1 Å². The van der Waals surface area contributed by atoms with Crippen LogP contribution < -0.4 is 11.1 Å². The van der Waals surface area contributed by atoms with Crippen molar-refractivity contribution in [2.45, 2.75) is 58.2 Å². The molecule has 106 valence electrons. The molecule has 0 aromatic rings. The number of amides is 3. The summed E-state index contributed by atoms with van der Waals surface area (Å²) in [6.45, 7) is 10.1. The Balaban J connectivity index is 0. The third kappa shape index (κ3) is 8.28. The highest BCUT2D eigenvalue weighted by atomic mass is 79.9. The van der Waals surface area contributed by atoms with Gasteiger partial charge in [-0.15, -0.1) is 0 Å². The summed E-state index contributed by atoms with van der Waals surface area (Å²) in [5, 5.41) is 2.04. The summed E-state index contributed by atoms with van der Waals surface area (Å²) in [6, 6.07) is -0.814. The third-order valence-electron chi connectivity index (χ3n) is 2.81. The molecule has 0 rings (SSSR count). The van der Waals surface area contributed by atoms with Crippen molar-refractivity contribution in [1.29, 1.82) is 0 Å². The van der Waals surface area contributed by atoms with Gasteiger partial charge in [-0.2, -0.15) is 0 Å². The molecule has 0 saturated carbocycles. The highest BCUT2D eigenvalue weighted by Gasteiger charge is 2.32. The lowest BCUT2D eigenvalue weighted by atomic mass is 10.0. The largest absolute Gasteiger partial charge is 0.351 e. The Kier molecular flexibility index (Phi) is 11.0. The van der Waals surface area contributed by atoms with E-state index in [0.29, 0.717) is 12.8 Å². The summed E-state index contributed by atoms with van der Waals surface area (Å²) in [4.78, 5) is 21.6. The molecule has 0 saturated heterocycles. The molecule has 0 aliphatic heterocycles. The van der Waals surface area contributed by atoms with Crippen molar-refractivity contribution < 1.29 is 9.59 Å². The van der Waals surface area contributed by atoms with Gasteiger partial charge in [0.2, 0.25) is 5.91 Å². The van der Waals surface area contributed by atoms with Crippen LogP contribution in [0.15, 0.2) is 11.6 Å². The summed E-state index contributed by atoms with van der Waals surface area (Å²) in [6.07, 6.45) is 4.56. The number of nitrogens with two attached hydrogens (primary N) is 1. The van der Waals surface area contributed by atoms with Gasteiger partial charge in [0, 0.05) is 0 Å². The van der Waals surface area contributed by atoms with E-state index in [0.717, 1.165) is 0 Å². The standard InChI is InChI=1S/C7H13BrN2O2.C6H12/c1-3-7(8,4-2)5(11)10-6(9)12;1-4-6(3)5-2/h3-4H2,1-2H3,(H3,9,10,11,12);4H,5H2,1-3H3/b;6-4+. The smallest absolute Gasteiger partial charge is 0.318 e.